The van der Waals surface area contributed by atoms with Gasteiger partial charge in [-0.1, -0.05) is 56.6 Å². The van der Waals surface area contributed by atoms with Crippen molar-refractivity contribution >= 4 is 23.2 Å². The van der Waals surface area contributed by atoms with E-state index in [1.54, 1.807) is 0 Å². The summed E-state index contributed by atoms with van der Waals surface area (Å²) in [6.45, 7) is 7.73. The lowest BCUT2D eigenvalue weighted by Crippen LogP contribution is -2.13. The van der Waals surface area contributed by atoms with Crippen LogP contribution in [0.15, 0.2) is 24.3 Å². The Balaban J connectivity index is 2.04. The van der Waals surface area contributed by atoms with Crippen molar-refractivity contribution in [1.82, 2.24) is 19.8 Å². The number of nitrogens with zero attached hydrogens (tertiary/aromatic N) is 3. The Morgan fingerprint density at radius 1 is 1.29 bits per heavy atom. The van der Waals surface area contributed by atoms with E-state index in [4.69, 9.17) is 16.3 Å². The number of carbonyl (C=O) groups excluding carboxylic acids is 1. The van der Waals surface area contributed by atoms with Crippen LogP contribution in [0.1, 0.15) is 39.0 Å². The number of rotatable bonds is 3. The zero-order valence-corrected chi connectivity index (χ0v) is 14.8. The van der Waals surface area contributed by atoms with Crippen molar-refractivity contribution in [1.29, 1.82) is 0 Å². The number of aromatic nitrogens is 4. The summed E-state index contributed by atoms with van der Waals surface area (Å²) in [7, 11) is 0. The maximum Gasteiger partial charge on any atom is 0.302 e. The third-order valence-corrected chi connectivity index (χ3v) is 4.01. The molecule has 0 fully saturated rings. The van der Waals surface area contributed by atoms with Crippen LogP contribution in [0, 0.1) is 0 Å². The van der Waals surface area contributed by atoms with Crippen LogP contribution < -0.4 is 0 Å². The van der Waals surface area contributed by atoms with E-state index >= 15 is 0 Å². The lowest BCUT2D eigenvalue weighted by Gasteiger charge is -2.14. The zero-order chi connectivity index (χ0) is 17.5. The van der Waals surface area contributed by atoms with E-state index in [-0.39, 0.29) is 18.0 Å². The SMILES string of the molecule is CC(=O)OCc1ccccc1-c1nn2nc(C(C)(C)C)c(Cl)c2[nH]1. The van der Waals surface area contributed by atoms with Crippen LogP contribution in [-0.2, 0) is 21.6 Å². The average molecular weight is 347 g/mol. The van der Waals surface area contributed by atoms with E-state index < -0.39 is 0 Å². The topological polar surface area (TPSA) is 72.3 Å². The molecule has 1 N–H and O–H groups in total. The number of fused-ring (bicyclic) bond motifs is 1. The molecule has 3 aromatic rings. The first kappa shape index (κ1) is 16.5. The van der Waals surface area contributed by atoms with Crippen molar-refractivity contribution in [2.75, 3.05) is 0 Å². The molecule has 126 valence electrons. The highest BCUT2D eigenvalue weighted by molar-refractivity contribution is 6.34. The number of hydrogen-bond donors (Lipinski definition) is 1. The summed E-state index contributed by atoms with van der Waals surface area (Å²) in [4.78, 5) is 14.3. The fraction of sp³-hybridized carbons (Fsp3) is 0.353. The van der Waals surface area contributed by atoms with Crippen molar-refractivity contribution in [2.24, 2.45) is 0 Å². The quantitative estimate of drug-likeness (QED) is 0.733. The number of benzene rings is 1. The van der Waals surface area contributed by atoms with Crippen molar-refractivity contribution in [3.8, 4) is 11.4 Å². The first-order chi connectivity index (χ1) is 11.3. The minimum atomic E-state index is -0.322. The third kappa shape index (κ3) is 3.01. The number of H-pyrrole nitrogens is 1. The molecule has 2 aromatic heterocycles. The number of halogens is 1. The predicted octanol–water partition coefficient (Wildman–Crippen LogP) is 3.74. The van der Waals surface area contributed by atoms with Crippen LogP contribution >= 0.6 is 11.6 Å². The average Bonchev–Trinajstić information content (AvgIpc) is 3.05. The molecule has 24 heavy (non-hydrogen) atoms. The van der Waals surface area contributed by atoms with Gasteiger partial charge < -0.3 is 9.72 Å². The van der Waals surface area contributed by atoms with Gasteiger partial charge in [0.2, 0.25) is 0 Å². The largest absolute Gasteiger partial charge is 0.461 e. The monoisotopic (exact) mass is 346 g/mol. The Hall–Kier alpha value is -2.34. The van der Waals surface area contributed by atoms with Gasteiger partial charge >= 0.3 is 5.97 Å². The molecule has 0 aliphatic rings. The molecule has 0 radical (unpaired) electrons. The van der Waals surface area contributed by atoms with E-state index in [9.17, 15) is 4.79 Å². The van der Waals surface area contributed by atoms with Crippen molar-refractivity contribution in [3.05, 3.63) is 40.5 Å². The van der Waals surface area contributed by atoms with Gasteiger partial charge in [0.05, 0.1) is 5.69 Å². The van der Waals surface area contributed by atoms with E-state index in [0.29, 0.717) is 16.5 Å². The molecule has 0 amide bonds. The molecule has 6 nitrogen and oxygen atoms in total. The minimum absolute atomic E-state index is 0.168. The van der Waals surface area contributed by atoms with Gasteiger partial charge in [-0.05, 0) is 0 Å². The van der Waals surface area contributed by atoms with Crippen molar-refractivity contribution in [3.63, 3.8) is 0 Å². The summed E-state index contributed by atoms with van der Waals surface area (Å²) < 4.78 is 6.62. The predicted molar refractivity (Wildman–Crippen MR) is 92.0 cm³/mol. The minimum Gasteiger partial charge on any atom is -0.461 e. The summed E-state index contributed by atoms with van der Waals surface area (Å²) in [5, 5.41) is 9.55. The molecule has 0 saturated heterocycles. The third-order valence-electron chi connectivity index (χ3n) is 3.66. The van der Waals surface area contributed by atoms with Crippen LogP contribution in [0.5, 0.6) is 0 Å². The summed E-state index contributed by atoms with van der Waals surface area (Å²) >= 11 is 6.46. The summed E-state index contributed by atoms with van der Waals surface area (Å²) in [6, 6.07) is 7.60. The Kier molecular flexibility index (Phi) is 4.09. The normalized spacial score (nSPS) is 11.9. The molecule has 0 bridgehead atoms. The fourth-order valence-electron chi connectivity index (χ4n) is 2.45. The molecule has 0 aliphatic carbocycles. The van der Waals surface area contributed by atoms with Gasteiger partial charge in [0.25, 0.3) is 0 Å². The number of nitrogens with one attached hydrogen (secondary N) is 1. The van der Waals surface area contributed by atoms with E-state index in [2.05, 4.69) is 36.0 Å². The first-order valence-electron chi connectivity index (χ1n) is 7.64. The van der Waals surface area contributed by atoms with Gasteiger partial charge in [0, 0.05) is 23.5 Å². The molecule has 7 heteroatoms. The van der Waals surface area contributed by atoms with Gasteiger partial charge in [-0.15, -0.1) is 9.73 Å². The maximum atomic E-state index is 11.1. The van der Waals surface area contributed by atoms with Crippen LogP contribution in [0.2, 0.25) is 5.02 Å². The number of aromatic amines is 1. The lowest BCUT2D eigenvalue weighted by atomic mass is 9.92. The molecule has 2 heterocycles. The summed E-state index contributed by atoms with van der Waals surface area (Å²) in [5.41, 5.74) is 2.98. The second kappa shape index (κ2) is 5.94. The molecule has 3 rings (SSSR count). The molecule has 0 aliphatic heterocycles. The van der Waals surface area contributed by atoms with Gasteiger partial charge in [-0.2, -0.15) is 5.10 Å². The Morgan fingerprint density at radius 2 is 2.00 bits per heavy atom. The highest BCUT2D eigenvalue weighted by atomic mass is 35.5. The second-order valence-corrected chi connectivity index (χ2v) is 7.04. The molecular formula is C17H19ClN4O2. The number of carbonyl (C=O) groups is 1. The van der Waals surface area contributed by atoms with Crippen LogP contribution in [0.25, 0.3) is 17.0 Å². The number of ether oxygens (including phenoxy) is 1. The van der Waals surface area contributed by atoms with Crippen molar-refractivity contribution in [2.45, 2.75) is 39.7 Å². The highest BCUT2D eigenvalue weighted by Crippen LogP contribution is 2.32. The molecule has 0 saturated carbocycles. The molecule has 0 unspecified atom stereocenters. The standard InChI is InChI=1S/C17H19ClN4O2/c1-10(23)24-9-11-7-5-6-8-12(11)15-19-16-13(18)14(17(2,3)4)20-22(16)21-15/h5-8H,9H2,1-4H3,(H,19,21). The summed E-state index contributed by atoms with van der Waals surface area (Å²) in [6.07, 6.45) is 0. The van der Waals surface area contributed by atoms with Crippen LogP contribution in [0.4, 0.5) is 0 Å². The van der Waals surface area contributed by atoms with Gasteiger partial charge in [-0.25, -0.2) is 0 Å². The number of esters is 1. The Labute approximate surface area is 144 Å². The summed E-state index contributed by atoms with van der Waals surface area (Å²) in [5.74, 6) is 0.305. The molecule has 0 atom stereocenters. The maximum absolute atomic E-state index is 11.1. The second-order valence-electron chi connectivity index (χ2n) is 6.66. The Morgan fingerprint density at radius 3 is 2.62 bits per heavy atom. The van der Waals surface area contributed by atoms with E-state index in [0.717, 1.165) is 16.8 Å². The van der Waals surface area contributed by atoms with Gasteiger partial charge in [0.1, 0.15) is 11.6 Å². The van der Waals surface area contributed by atoms with Gasteiger partial charge in [-0.3, -0.25) is 4.79 Å². The highest BCUT2D eigenvalue weighted by Gasteiger charge is 2.25. The van der Waals surface area contributed by atoms with E-state index in [1.807, 2.05) is 24.3 Å². The molecule has 0 spiro atoms. The van der Waals surface area contributed by atoms with Crippen LogP contribution in [-0.4, -0.2) is 25.8 Å². The lowest BCUT2D eigenvalue weighted by molar-refractivity contribution is -0.142. The first-order valence-corrected chi connectivity index (χ1v) is 8.02. The van der Waals surface area contributed by atoms with Gasteiger partial charge in [0.15, 0.2) is 11.5 Å². The zero-order valence-electron chi connectivity index (χ0n) is 14.1. The Bertz CT molecular complexity index is 905. The van der Waals surface area contributed by atoms with E-state index in [1.165, 1.54) is 11.6 Å². The smallest absolute Gasteiger partial charge is 0.302 e. The molecule has 1 aromatic carbocycles. The molecular weight excluding hydrogens is 328 g/mol. The van der Waals surface area contributed by atoms with Crippen molar-refractivity contribution < 1.29 is 9.53 Å². The van der Waals surface area contributed by atoms with Crippen LogP contribution in [0.3, 0.4) is 0 Å². The number of hydrogen-bond acceptors (Lipinski definition) is 4. The fourth-order valence-corrected chi connectivity index (χ4v) is 2.90.